The van der Waals surface area contributed by atoms with E-state index in [4.69, 9.17) is 0 Å². The van der Waals surface area contributed by atoms with E-state index in [0.29, 0.717) is 6.04 Å². The summed E-state index contributed by atoms with van der Waals surface area (Å²) in [5.74, 6) is 0.944. The number of hydrogen-bond donors (Lipinski definition) is 2. The molecule has 2 aliphatic rings. The van der Waals surface area contributed by atoms with Gasteiger partial charge in [0.15, 0.2) is 5.96 Å². The van der Waals surface area contributed by atoms with Crippen LogP contribution in [0.2, 0.25) is 0 Å². The summed E-state index contributed by atoms with van der Waals surface area (Å²) in [4.78, 5) is 8.49. The fraction of sp³-hybridized carbons (Fsp3) is 0.722. The number of likely N-dealkylation sites (tertiary alicyclic amines) is 1. The van der Waals surface area contributed by atoms with E-state index in [1.165, 1.54) is 43.6 Å². The smallest absolute Gasteiger partial charge is 0.191 e. The summed E-state index contributed by atoms with van der Waals surface area (Å²) in [5, 5.41) is 9.29. The molecule has 3 rings (SSSR count). The molecule has 0 spiro atoms. The fourth-order valence-electron chi connectivity index (χ4n) is 3.29. The van der Waals surface area contributed by atoms with Gasteiger partial charge in [0, 0.05) is 49.1 Å². The molecule has 128 valence electrons. The quantitative estimate of drug-likeness (QED) is 0.642. The second kappa shape index (κ2) is 7.22. The van der Waals surface area contributed by atoms with Crippen molar-refractivity contribution in [1.82, 2.24) is 15.5 Å². The Morgan fingerprint density at radius 2 is 2.04 bits per heavy atom. The number of guanidine groups is 1. The average Bonchev–Trinajstić information content (AvgIpc) is 3.25. The number of nitrogens with zero attached hydrogens (tertiary/aromatic N) is 2. The number of nitrogens with one attached hydrogen (secondary N) is 2. The highest BCUT2D eigenvalue weighted by Crippen LogP contribution is 2.29. The van der Waals surface area contributed by atoms with Crippen molar-refractivity contribution < 1.29 is 0 Å². The van der Waals surface area contributed by atoms with Gasteiger partial charge in [-0.25, -0.2) is 0 Å². The standard InChI is InChI=1S/C18H30N4S/c1-18(2,16-5-4-12-23-16)13-20-17(19-3)21-14-8-10-22(11-9-14)15-6-7-15/h4-5,12,14-15H,6-11,13H2,1-3H3,(H2,19,20,21). The topological polar surface area (TPSA) is 39.7 Å². The van der Waals surface area contributed by atoms with Crippen LogP contribution in [0.5, 0.6) is 0 Å². The maximum Gasteiger partial charge on any atom is 0.191 e. The maximum absolute atomic E-state index is 4.42. The van der Waals surface area contributed by atoms with Crippen molar-refractivity contribution in [3.63, 3.8) is 0 Å². The first-order chi connectivity index (χ1) is 11.1. The largest absolute Gasteiger partial charge is 0.356 e. The Kier molecular flexibility index (Phi) is 5.27. The molecule has 1 aromatic heterocycles. The van der Waals surface area contributed by atoms with Crippen LogP contribution in [-0.4, -0.2) is 49.6 Å². The minimum absolute atomic E-state index is 0.126. The third-order valence-electron chi connectivity index (χ3n) is 5.04. The Morgan fingerprint density at radius 1 is 1.30 bits per heavy atom. The first-order valence-corrected chi connectivity index (χ1v) is 9.72. The van der Waals surface area contributed by atoms with Gasteiger partial charge in [-0.2, -0.15) is 0 Å². The number of aliphatic imine (C=N–C) groups is 1. The summed E-state index contributed by atoms with van der Waals surface area (Å²) in [7, 11) is 1.87. The van der Waals surface area contributed by atoms with Crippen molar-refractivity contribution in [3.8, 4) is 0 Å². The van der Waals surface area contributed by atoms with Crippen LogP contribution < -0.4 is 10.6 Å². The summed E-state index contributed by atoms with van der Waals surface area (Å²) in [5.41, 5.74) is 0.126. The van der Waals surface area contributed by atoms with Gasteiger partial charge in [-0.3, -0.25) is 4.99 Å². The van der Waals surface area contributed by atoms with Gasteiger partial charge < -0.3 is 15.5 Å². The zero-order valence-electron chi connectivity index (χ0n) is 14.6. The van der Waals surface area contributed by atoms with Crippen LogP contribution in [-0.2, 0) is 5.41 Å². The van der Waals surface area contributed by atoms with Crippen LogP contribution in [0.4, 0.5) is 0 Å². The zero-order chi connectivity index (χ0) is 16.3. The number of rotatable bonds is 5. The molecule has 1 aromatic rings. The molecule has 1 aliphatic carbocycles. The van der Waals surface area contributed by atoms with Crippen molar-refractivity contribution >= 4 is 17.3 Å². The molecule has 2 heterocycles. The Morgan fingerprint density at radius 3 is 2.61 bits per heavy atom. The molecule has 0 bridgehead atoms. The van der Waals surface area contributed by atoms with E-state index in [1.807, 2.05) is 18.4 Å². The highest BCUT2D eigenvalue weighted by atomic mass is 32.1. The molecule has 0 aromatic carbocycles. The lowest BCUT2D eigenvalue weighted by Gasteiger charge is -2.33. The molecule has 5 heteroatoms. The molecule has 2 N–H and O–H groups in total. The summed E-state index contributed by atoms with van der Waals surface area (Å²) in [6, 6.07) is 5.81. The lowest BCUT2D eigenvalue weighted by Crippen LogP contribution is -2.50. The first-order valence-electron chi connectivity index (χ1n) is 8.84. The van der Waals surface area contributed by atoms with Crippen molar-refractivity contribution in [2.75, 3.05) is 26.7 Å². The number of piperidine rings is 1. The van der Waals surface area contributed by atoms with E-state index in [0.717, 1.165) is 18.5 Å². The molecule has 1 saturated heterocycles. The van der Waals surface area contributed by atoms with Crippen LogP contribution in [0.3, 0.4) is 0 Å². The van der Waals surface area contributed by atoms with Crippen molar-refractivity contribution in [3.05, 3.63) is 22.4 Å². The van der Waals surface area contributed by atoms with Crippen LogP contribution in [0.15, 0.2) is 22.5 Å². The molecule has 0 atom stereocenters. The van der Waals surface area contributed by atoms with Gasteiger partial charge in [0.1, 0.15) is 0 Å². The van der Waals surface area contributed by atoms with Crippen LogP contribution in [0, 0.1) is 0 Å². The molecule has 2 fully saturated rings. The van der Waals surface area contributed by atoms with Crippen molar-refractivity contribution in [2.45, 2.75) is 57.0 Å². The van der Waals surface area contributed by atoms with E-state index in [-0.39, 0.29) is 5.41 Å². The molecular formula is C18H30N4S. The molecule has 0 radical (unpaired) electrons. The third-order valence-corrected chi connectivity index (χ3v) is 6.28. The van der Waals surface area contributed by atoms with Crippen LogP contribution in [0.1, 0.15) is 44.4 Å². The molecule has 23 heavy (non-hydrogen) atoms. The van der Waals surface area contributed by atoms with E-state index in [1.54, 1.807) is 0 Å². The van der Waals surface area contributed by atoms with Crippen LogP contribution >= 0.6 is 11.3 Å². The van der Waals surface area contributed by atoms with Crippen molar-refractivity contribution in [2.24, 2.45) is 4.99 Å². The highest BCUT2D eigenvalue weighted by Gasteiger charge is 2.32. The molecule has 4 nitrogen and oxygen atoms in total. The zero-order valence-corrected chi connectivity index (χ0v) is 15.5. The summed E-state index contributed by atoms with van der Waals surface area (Å²) in [6.45, 7) is 7.94. The fourth-order valence-corrected chi connectivity index (χ4v) is 4.14. The molecule has 1 saturated carbocycles. The summed E-state index contributed by atoms with van der Waals surface area (Å²) >= 11 is 1.83. The SMILES string of the molecule is CN=C(NCC(C)(C)c1cccs1)NC1CCN(C2CC2)CC1. The van der Waals surface area contributed by atoms with Gasteiger partial charge in [0.2, 0.25) is 0 Å². The third kappa shape index (κ3) is 4.48. The van der Waals surface area contributed by atoms with Gasteiger partial charge in [0.05, 0.1) is 0 Å². The number of thiophene rings is 1. The predicted molar refractivity (Wildman–Crippen MR) is 99.5 cm³/mol. The Bertz CT molecular complexity index is 511. The normalized spacial score (nSPS) is 21.4. The first kappa shape index (κ1) is 16.8. The molecule has 1 aliphatic heterocycles. The van der Waals surface area contributed by atoms with E-state index in [9.17, 15) is 0 Å². The molecule has 0 amide bonds. The van der Waals surface area contributed by atoms with Crippen molar-refractivity contribution in [1.29, 1.82) is 0 Å². The van der Waals surface area contributed by atoms with Gasteiger partial charge in [-0.15, -0.1) is 11.3 Å². The second-order valence-corrected chi connectivity index (χ2v) is 8.42. The molecular weight excluding hydrogens is 304 g/mol. The van der Waals surface area contributed by atoms with Gasteiger partial charge in [-0.1, -0.05) is 19.9 Å². The van der Waals surface area contributed by atoms with Gasteiger partial charge in [-0.05, 0) is 37.1 Å². The summed E-state index contributed by atoms with van der Waals surface area (Å²) < 4.78 is 0. The average molecular weight is 335 g/mol. The Balaban J connectivity index is 1.45. The predicted octanol–water partition coefficient (Wildman–Crippen LogP) is 2.82. The summed E-state index contributed by atoms with van der Waals surface area (Å²) in [6.07, 6.45) is 5.29. The van der Waals surface area contributed by atoms with Gasteiger partial charge in [0.25, 0.3) is 0 Å². The second-order valence-electron chi connectivity index (χ2n) is 7.47. The minimum Gasteiger partial charge on any atom is -0.356 e. The van der Waals surface area contributed by atoms with Gasteiger partial charge >= 0.3 is 0 Å². The van der Waals surface area contributed by atoms with E-state index < -0.39 is 0 Å². The Labute approximate surface area is 144 Å². The number of hydrogen-bond acceptors (Lipinski definition) is 3. The van der Waals surface area contributed by atoms with E-state index in [2.05, 4.69) is 51.9 Å². The highest BCUT2D eigenvalue weighted by molar-refractivity contribution is 7.10. The monoisotopic (exact) mass is 334 g/mol. The minimum atomic E-state index is 0.126. The Hall–Kier alpha value is -1.07. The van der Waals surface area contributed by atoms with Crippen LogP contribution in [0.25, 0.3) is 0 Å². The lowest BCUT2D eigenvalue weighted by molar-refractivity contribution is 0.197. The maximum atomic E-state index is 4.42. The van der Waals surface area contributed by atoms with E-state index >= 15 is 0 Å². The molecule has 0 unspecified atom stereocenters. The lowest BCUT2D eigenvalue weighted by atomic mass is 9.91.